The Labute approximate surface area is 166 Å². The zero-order valence-corrected chi connectivity index (χ0v) is 15.8. The minimum atomic E-state index is -0.0424. The molecule has 29 heavy (non-hydrogen) atoms. The maximum absolute atomic E-state index is 12.6. The standard InChI is InChI=1S/C21H20N6O2/c28-20(12-17-16-5-1-2-6-18(16)29-26-17)23-15-7-8-19-24-25-21(27(19)11-9-15)14-4-3-10-22-13-14/h1-6,10,13,15H,7-9,11-12H2,(H,23,28). The van der Waals surface area contributed by atoms with Gasteiger partial charge >= 0.3 is 0 Å². The average molecular weight is 388 g/mol. The fraction of sp³-hybridized carbons (Fsp3) is 0.286. The van der Waals surface area contributed by atoms with Crippen molar-refractivity contribution in [2.75, 3.05) is 0 Å². The number of nitrogens with zero attached hydrogens (tertiary/aromatic N) is 5. The molecule has 1 amide bonds. The van der Waals surface area contributed by atoms with E-state index < -0.39 is 0 Å². The first kappa shape index (κ1) is 17.5. The molecule has 0 saturated heterocycles. The molecule has 1 aliphatic heterocycles. The van der Waals surface area contributed by atoms with Gasteiger partial charge in [0.1, 0.15) is 11.5 Å². The van der Waals surface area contributed by atoms with Crippen LogP contribution in [0.15, 0.2) is 53.3 Å². The maximum Gasteiger partial charge on any atom is 0.226 e. The van der Waals surface area contributed by atoms with Crippen molar-refractivity contribution in [2.45, 2.75) is 38.3 Å². The third-order valence-corrected chi connectivity index (χ3v) is 5.31. The van der Waals surface area contributed by atoms with Crippen molar-refractivity contribution in [1.29, 1.82) is 0 Å². The van der Waals surface area contributed by atoms with E-state index in [1.807, 2.05) is 36.4 Å². The molecule has 1 aromatic carbocycles. The fourth-order valence-corrected chi connectivity index (χ4v) is 3.84. The van der Waals surface area contributed by atoms with Crippen LogP contribution in [0.1, 0.15) is 24.4 Å². The molecule has 8 heteroatoms. The third kappa shape index (κ3) is 3.49. The summed E-state index contributed by atoms with van der Waals surface area (Å²) in [4.78, 5) is 16.8. The van der Waals surface area contributed by atoms with E-state index in [1.54, 1.807) is 12.4 Å². The lowest BCUT2D eigenvalue weighted by atomic mass is 10.1. The lowest BCUT2D eigenvalue weighted by Gasteiger charge is -2.16. The van der Waals surface area contributed by atoms with Crippen LogP contribution in [-0.2, 0) is 24.2 Å². The third-order valence-electron chi connectivity index (χ3n) is 5.31. The molecule has 146 valence electrons. The Hall–Kier alpha value is -3.55. The number of hydrogen-bond donors (Lipinski definition) is 1. The van der Waals surface area contributed by atoms with Crippen molar-refractivity contribution in [3.8, 4) is 11.4 Å². The second-order valence-corrected chi connectivity index (χ2v) is 7.23. The van der Waals surface area contributed by atoms with Gasteiger partial charge in [0.25, 0.3) is 0 Å². The molecule has 0 aliphatic carbocycles. The van der Waals surface area contributed by atoms with Crippen molar-refractivity contribution in [3.63, 3.8) is 0 Å². The summed E-state index contributed by atoms with van der Waals surface area (Å²) >= 11 is 0. The predicted molar refractivity (Wildman–Crippen MR) is 106 cm³/mol. The first-order valence-corrected chi connectivity index (χ1v) is 9.73. The fourth-order valence-electron chi connectivity index (χ4n) is 3.84. The predicted octanol–water partition coefficient (Wildman–Crippen LogP) is 2.55. The van der Waals surface area contributed by atoms with Gasteiger partial charge in [-0.3, -0.25) is 9.78 Å². The second kappa shape index (κ2) is 7.46. The van der Waals surface area contributed by atoms with Gasteiger partial charge in [-0.15, -0.1) is 10.2 Å². The Bertz CT molecular complexity index is 1150. The Morgan fingerprint density at radius 3 is 3.00 bits per heavy atom. The first-order valence-electron chi connectivity index (χ1n) is 9.73. The highest BCUT2D eigenvalue weighted by Crippen LogP contribution is 2.22. The summed E-state index contributed by atoms with van der Waals surface area (Å²) in [5, 5.41) is 16.8. The zero-order valence-electron chi connectivity index (χ0n) is 15.8. The Balaban J connectivity index is 1.25. The molecule has 4 aromatic rings. The Morgan fingerprint density at radius 1 is 1.17 bits per heavy atom. The molecule has 5 rings (SSSR count). The number of carbonyl (C=O) groups is 1. The number of amides is 1. The number of para-hydroxylation sites is 1. The molecule has 8 nitrogen and oxygen atoms in total. The van der Waals surface area contributed by atoms with Gasteiger partial charge in [-0.1, -0.05) is 17.3 Å². The number of rotatable bonds is 4. The van der Waals surface area contributed by atoms with E-state index >= 15 is 0 Å². The van der Waals surface area contributed by atoms with Crippen molar-refractivity contribution in [2.24, 2.45) is 0 Å². The van der Waals surface area contributed by atoms with E-state index in [0.717, 1.165) is 48.4 Å². The van der Waals surface area contributed by atoms with Crippen molar-refractivity contribution >= 4 is 16.9 Å². The molecule has 0 bridgehead atoms. The highest BCUT2D eigenvalue weighted by Gasteiger charge is 2.23. The van der Waals surface area contributed by atoms with Gasteiger partial charge in [0.05, 0.1) is 6.42 Å². The molecule has 1 unspecified atom stereocenters. The number of benzene rings is 1. The van der Waals surface area contributed by atoms with E-state index in [0.29, 0.717) is 11.3 Å². The number of nitrogens with one attached hydrogen (secondary N) is 1. The van der Waals surface area contributed by atoms with Crippen LogP contribution in [0.4, 0.5) is 0 Å². The summed E-state index contributed by atoms with van der Waals surface area (Å²) in [7, 11) is 0. The van der Waals surface area contributed by atoms with Crippen LogP contribution in [0, 0.1) is 0 Å². The molecular weight excluding hydrogens is 368 g/mol. The molecular formula is C21H20N6O2. The van der Waals surface area contributed by atoms with Gasteiger partial charge in [-0.25, -0.2) is 0 Å². The molecule has 4 heterocycles. The van der Waals surface area contributed by atoms with E-state index in [-0.39, 0.29) is 18.4 Å². The minimum Gasteiger partial charge on any atom is -0.356 e. The SMILES string of the molecule is O=C(Cc1noc2ccccc12)NC1CCc2nnc(-c3cccnc3)n2CC1. The lowest BCUT2D eigenvalue weighted by molar-refractivity contribution is -0.121. The average Bonchev–Trinajstić information content (AvgIpc) is 3.29. The van der Waals surface area contributed by atoms with Crippen LogP contribution in [-0.4, -0.2) is 36.9 Å². The normalized spacial score (nSPS) is 16.3. The quantitative estimate of drug-likeness (QED) is 0.577. The second-order valence-electron chi connectivity index (χ2n) is 7.23. The Kier molecular flexibility index (Phi) is 4.51. The van der Waals surface area contributed by atoms with Crippen LogP contribution in [0.3, 0.4) is 0 Å². The number of aryl methyl sites for hydroxylation is 1. The van der Waals surface area contributed by atoms with Gasteiger partial charge < -0.3 is 14.4 Å². The molecule has 1 atom stereocenters. The van der Waals surface area contributed by atoms with Crippen LogP contribution in [0.25, 0.3) is 22.4 Å². The molecule has 3 aromatic heterocycles. The van der Waals surface area contributed by atoms with E-state index in [1.165, 1.54) is 0 Å². The van der Waals surface area contributed by atoms with Crippen LogP contribution >= 0.6 is 0 Å². The number of aromatic nitrogens is 5. The highest BCUT2D eigenvalue weighted by molar-refractivity contribution is 5.86. The molecule has 1 N–H and O–H groups in total. The monoisotopic (exact) mass is 388 g/mol. The zero-order chi connectivity index (χ0) is 19.6. The molecule has 0 saturated carbocycles. The van der Waals surface area contributed by atoms with Crippen molar-refractivity contribution in [3.05, 3.63) is 60.3 Å². The highest BCUT2D eigenvalue weighted by atomic mass is 16.5. The summed E-state index contributed by atoms with van der Waals surface area (Å²) < 4.78 is 7.43. The van der Waals surface area contributed by atoms with E-state index in [2.05, 4.69) is 30.2 Å². The van der Waals surface area contributed by atoms with E-state index in [4.69, 9.17) is 4.52 Å². The van der Waals surface area contributed by atoms with Gasteiger partial charge in [-0.2, -0.15) is 0 Å². The van der Waals surface area contributed by atoms with Crippen molar-refractivity contribution in [1.82, 2.24) is 30.2 Å². The number of pyridine rings is 1. The molecule has 0 fully saturated rings. The summed E-state index contributed by atoms with van der Waals surface area (Å²) in [6, 6.07) is 11.5. The number of fused-ring (bicyclic) bond motifs is 2. The first-order chi connectivity index (χ1) is 14.3. The summed E-state index contributed by atoms with van der Waals surface area (Å²) in [5.74, 6) is 1.73. The van der Waals surface area contributed by atoms with Gasteiger partial charge in [0.2, 0.25) is 5.91 Å². The van der Waals surface area contributed by atoms with Crippen LogP contribution < -0.4 is 5.32 Å². The Morgan fingerprint density at radius 2 is 2.10 bits per heavy atom. The largest absolute Gasteiger partial charge is 0.356 e. The molecule has 1 aliphatic rings. The molecule has 0 radical (unpaired) electrons. The van der Waals surface area contributed by atoms with Crippen LogP contribution in [0.5, 0.6) is 0 Å². The van der Waals surface area contributed by atoms with Gasteiger partial charge in [-0.05, 0) is 37.1 Å². The van der Waals surface area contributed by atoms with Gasteiger partial charge in [0.15, 0.2) is 11.4 Å². The summed E-state index contributed by atoms with van der Waals surface area (Å²) in [6.45, 7) is 0.754. The summed E-state index contributed by atoms with van der Waals surface area (Å²) in [6.07, 6.45) is 6.17. The topological polar surface area (TPSA) is 98.7 Å². The number of hydrogen-bond acceptors (Lipinski definition) is 6. The summed E-state index contributed by atoms with van der Waals surface area (Å²) in [5.41, 5.74) is 2.32. The number of carbonyl (C=O) groups excluding carboxylic acids is 1. The smallest absolute Gasteiger partial charge is 0.226 e. The minimum absolute atomic E-state index is 0.0424. The van der Waals surface area contributed by atoms with Crippen molar-refractivity contribution < 1.29 is 9.32 Å². The lowest BCUT2D eigenvalue weighted by Crippen LogP contribution is -2.36. The molecule has 0 spiro atoms. The maximum atomic E-state index is 12.6. The van der Waals surface area contributed by atoms with Gasteiger partial charge in [0, 0.05) is 42.4 Å². The van der Waals surface area contributed by atoms with Crippen LogP contribution in [0.2, 0.25) is 0 Å². The van der Waals surface area contributed by atoms with E-state index in [9.17, 15) is 4.79 Å².